The van der Waals surface area contributed by atoms with Crippen molar-refractivity contribution in [1.29, 1.82) is 0 Å². The van der Waals surface area contributed by atoms with Gasteiger partial charge in [-0.15, -0.1) is 0 Å². The maximum absolute atomic E-state index is 11.7. The van der Waals surface area contributed by atoms with Gasteiger partial charge in [0.2, 0.25) is 5.78 Å². The molecule has 0 radical (unpaired) electrons. The van der Waals surface area contributed by atoms with Crippen LogP contribution in [0.25, 0.3) is 0 Å². The molecule has 1 unspecified atom stereocenters. The van der Waals surface area contributed by atoms with E-state index in [1.807, 2.05) is 0 Å². The molecule has 1 aromatic heterocycles. The van der Waals surface area contributed by atoms with E-state index >= 15 is 0 Å². The number of hydrogen-bond donors (Lipinski definition) is 0. The van der Waals surface area contributed by atoms with Crippen LogP contribution < -0.4 is 0 Å². The first-order valence-corrected chi connectivity index (χ1v) is 4.42. The van der Waals surface area contributed by atoms with Gasteiger partial charge in [-0.2, -0.15) is 0 Å². The van der Waals surface area contributed by atoms with Crippen LogP contribution in [-0.2, 0) is 9.53 Å². The Hall–Kier alpha value is -1.71. The van der Waals surface area contributed by atoms with Crippen molar-refractivity contribution in [3.05, 3.63) is 30.1 Å². The van der Waals surface area contributed by atoms with Crippen LogP contribution in [0, 0.1) is 0 Å². The van der Waals surface area contributed by atoms with Crippen molar-refractivity contribution in [1.82, 2.24) is 4.98 Å². The van der Waals surface area contributed by atoms with Crippen molar-refractivity contribution >= 4 is 11.8 Å². The van der Waals surface area contributed by atoms with Gasteiger partial charge in [0.05, 0.1) is 0 Å². The fourth-order valence-corrected chi connectivity index (χ4v) is 1.38. The summed E-state index contributed by atoms with van der Waals surface area (Å²) in [5, 5.41) is 0. The molecule has 0 bridgehead atoms. The van der Waals surface area contributed by atoms with Crippen molar-refractivity contribution in [2.75, 3.05) is 0 Å². The van der Waals surface area contributed by atoms with Crippen LogP contribution in [0.3, 0.4) is 0 Å². The number of ether oxygens (including phenoxy) is 1. The zero-order chi connectivity index (χ0) is 9.97. The molecule has 4 nitrogen and oxygen atoms in total. The molecule has 0 saturated carbocycles. The van der Waals surface area contributed by atoms with E-state index in [1.54, 1.807) is 24.4 Å². The number of Topliss-reactive ketones (excluding diaryl/α,β-unsaturated/α-hetero) is 1. The Morgan fingerprint density at radius 3 is 2.93 bits per heavy atom. The molecule has 1 saturated heterocycles. The highest BCUT2D eigenvalue weighted by molar-refractivity contribution is 5.99. The predicted octanol–water partition coefficient (Wildman–Crippen LogP) is 0.970. The van der Waals surface area contributed by atoms with Crippen molar-refractivity contribution in [3.8, 4) is 0 Å². The lowest BCUT2D eigenvalue weighted by Gasteiger charge is -2.06. The molecule has 1 atom stereocenters. The summed E-state index contributed by atoms with van der Waals surface area (Å²) in [5.41, 5.74) is 0.354. The van der Waals surface area contributed by atoms with Crippen molar-refractivity contribution in [3.63, 3.8) is 0 Å². The molecule has 4 heteroatoms. The number of carbonyl (C=O) groups is 2. The molecule has 1 aliphatic heterocycles. The van der Waals surface area contributed by atoms with Crippen molar-refractivity contribution in [2.45, 2.75) is 18.9 Å². The molecule has 0 amide bonds. The Kier molecular flexibility index (Phi) is 2.26. The van der Waals surface area contributed by atoms with Crippen molar-refractivity contribution < 1.29 is 14.3 Å². The number of rotatable bonds is 2. The number of hydrogen-bond acceptors (Lipinski definition) is 4. The number of cyclic esters (lactones) is 1. The number of nitrogens with zero attached hydrogens (tertiary/aromatic N) is 1. The average Bonchev–Trinajstić information content (AvgIpc) is 2.65. The van der Waals surface area contributed by atoms with Crippen molar-refractivity contribution in [2.24, 2.45) is 0 Å². The van der Waals surface area contributed by atoms with Crippen LogP contribution in [0.15, 0.2) is 24.4 Å². The Balaban J connectivity index is 2.13. The van der Waals surface area contributed by atoms with E-state index in [9.17, 15) is 9.59 Å². The number of aromatic nitrogens is 1. The lowest BCUT2D eigenvalue weighted by Crippen LogP contribution is -2.21. The molecule has 0 aromatic carbocycles. The summed E-state index contributed by atoms with van der Waals surface area (Å²) in [6, 6.07) is 5.09. The summed E-state index contributed by atoms with van der Waals surface area (Å²) >= 11 is 0. The summed E-state index contributed by atoms with van der Waals surface area (Å²) in [6.45, 7) is 0. The molecule has 0 spiro atoms. The molecule has 2 heterocycles. The Bertz CT molecular complexity index is 361. The number of pyridine rings is 1. The first-order chi connectivity index (χ1) is 6.77. The summed E-state index contributed by atoms with van der Waals surface area (Å²) in [6.07, 6.45) is 1.71. The third-order valence-electron chi connectivity index (χ3n) is 2.09. The highest BCUT2D eigenvalue weighted by Crippen LogP contribution is 2.17. The summed E-state index contributed by atoms with van der Waals surface area (Å²) in [7, 11) is 0. The molecular weight excluding hydrogens is 182 g/mol. The SMILES string of the molecule is O=C1CCC(C(=O)c2ccccn2)O1. The van der Waals surface area contributed by atoms with Crippen LogP contribution in [0.4, 0.5) is 0 Å². The van der Waals surface area contributed by atoms with E-state index in [0.29, 0.717) is 18.5 Å². The van der Waals surface area contributed by atoms with Gasteiger partial charge < -0.3 is 4.74 Å². The maximum atomic E-state index is 11.7. The van der Waals surface area contributed by atoms with Gasteiger partial charge >= 0.3 is 5.97 Å². The highest BCUT2D eigenvalue weighted by atomic mass is 16.6. The van der Waals surface area contributed by atoms with Gasteiger partial charge in [-0.05, 0) is 12.1 Å². The van der Waals surface area contributed by atoms with Crippen LogP contribution in [0.1, 0.15) is 23.3 Å². The smallest absolute Gasteiger partial charge is 0.306 e. The fraction of sp³-hybridized carbons (Fsp3) is 0.300. The van der Waals surface area contributed by atoms with E-state index in [2.05, 4.69) is 4.98 Å². The molecule has 14 heavy (non-hydrogen) atoms. The van der Waals surface area contributed by atoms with E-state index in [-0.39, 0.29) is 11.8 Å². The van der Waals surface area contributed by atoms with E-state index < -0.39 is 6.10 Å². The normalized spacial score (nSPS) is 20.6. The Morgan fingerprint density at radius 1 is 1.50 bits per heavy atom. The quantitative estimate of drug-likeness (QED) is 0.516. The molecule has 72 valence electrons. The second-order valence-corrected chi connectivity index (χ2v) is 3.10. The monoisotopic (exact) mass is 191 g/mol. The molecule has 0 N–H and O–H groups in total. The molecule has 1 fully saturated rings. The highest BCUT2D eigenvalue weighted by Gasteiger charge is 2.30. The first kappa shape index (κ1) is 8.87. The molecule has 2 rings (SSSR count). The van der Waals surface area contributed by atoms with Crippen LogP contribution >= 0.6 is 0 Å². The van der Waals surface area contributed by atoms with Crippen LogP contribution in [0.5, 0.6) is 0 Å². The van der Waals surface area contributed by atoms with E-state index in [0.717, 1.165) is 0 Å². The lowest BCUT2D eigenvalue weighted by atomic mass is 10.1. The van der Waals surface area contributed by atoms with Gasteiger partial charge in [0.25, 0.3) is 0 Å². The molecular formula is C10H9NO3. The van der Waals surface area contributed by atoms with Gasteiger partial charge in [0.15, 0.2) is 6.10 Å². The first-order valence-electron chi connectivity index (χ1n) is 4.42. The van der Waals surface area contributed by atoms with Crippen LogP contribution in [-0.4, -0.2) is 22.8 Å². The predicted molar refractivity (Wildman–Crippen MR) is 47.7 cm³/mol. The maximum Gasteiger partial charge on any atom is 0.306 e. The zero-order valence-electron chi connectivity index (χ0n) is 7.47. The standard InChI is InChI=1S/C10H9NO3/c12-9-5-4-8(14-9)10(13)7-3-1-2-6-11-7/h1-3,6,8H,4-5H2. The van der Waals surface area contributed by atoms with Gasteiger partial charge in [0.1, 0.15) is 5.69 Å². The third-order valence-corrected chi connectivity index (χ3v) is 2.09. The van der Waals surface area contributed by atoms with Gasteiger partial charge in [-0.3, -0.25) is 14.6 Å². The molecule has 0 aliphatic carbocycles. The zero-order valence-corrected chi connectivity index (χ0v) is 7.47. The van der Waals surface area contributed by atoms with Gasteiger partial charge in [0, 0.05) is 19.0 Å². The second-order valence-electron chi connectivity index (χ2n) is 3.10. The average molecular weight is 191 g/mol. The number of esters is 1. The Labute approximate surface area is 80.9 Å². The fourth-order valence-electron chi connectivity index (χ4n) is 1.38. The number of carbonyl (C=O) groups excluding carboxylic acids is 2. The topological polar surface area (TPSA) is 56.3 Å². The van der Waals surface area contributed by atoms with Gasteiger partial charge in [-0.25, -0.2) is 0 Å². The number of ketones is 1. The van der Waals surface area contributed by atoms with Gasteiger partial charge in [-0.1, -0.05) is 6.07 Å². The minimum absolute atomic E-state index is 0.212. The summed E-state index contributed by atoms with van der Waals surface area (Å²) in [5.74, 6) is -0.518. The largest absolute Gasteiger partial charge is 0.454 e. The molecule has 1 aromatic rings. The van der Waals surface area contributed by atoms with Crippen LogP contribution in [0.2, 0.25) is 0 Å². The minimum Gasteiger partial charge on any atom is -0.454 e. The molecule has 1 aliphatic rings. The van der Waals surface area contributed by atoms with E-state index in [4.69, 9.17) is 4.74 Å². The minimum atomic E-state index is -0.627. The summed E-state index contributed by atoms with van der Waals surface area (Å²) < 4.78 is 4.85. The Morgan fingerprint density at radius 2 is 2.36 bits per heavy atom. The third kappa shape index (κ3) is 1.64. The second kappa shape index (κ2) is 3.57. The van der Waals surface area contributed by atoms with E-state index in [1.165, 1.54) is 0 Å². The lowest BCUT2D eigenvalue weighted by molar-refractivity contribution is -0.140. The summed E-state index contributed by atoms with van der Waals surface area (Å²) in [4.78, 5) is 26.4.